The zero-order valence-corrected chi connectivity index (χ0v) is 11.4. The van der Waals surface area contributed by atoms with E-state index in [0.29, 0.717) is 10.8 Å². The van der Waals surface area contributed by atoms with Crippen LogP contribution in [0.3, 0.4) is 0 Å². The van der Waals surface area contributed by atoms with Crippen LogP contribution in [0.4, 0.5) is 10.8 Å². The molecule has 1 heterocycles. The minimum absolute atomic E-state index is 0.0167. The van der Waals surface area contributed by atoms with Crippen molar-refractivity contribution in [2.75, 3.05) is 0 Å². The molecule has 3 aromatic rings. The number of nitrogens with zero attached hydrogens (tertiary/aromatic N) is 3. The number of benzene rings is 2. The van der Waals surface area contributed by atoms with Crippen LogP contribution in [0.15, 0.2) is 46.6 Å². The molecule has 0 saturated carbocycles. The Balaban J connectivity index is 1.94. The maximum absolute atomic E-state index is 9.61. The number of aromatic hydroxyl groups is 2. The van der Waals surface area contributed by atoms with Gasteiger partial charge in [-0.15, -0.1) is 10.2 Å². The average molecular weight is 285 g/mol. The number of azo groups is 1. The molecule has 0 aliphatic heterocycles. The lowest BCUT2D eigenvalue weighted by molar-refractivity contribution is 0.451. The fourth-order valence-electron chi connectivity index (χ4n) is 1.76. The molecule has 0 amide bonds. The summed E-state index contributed by atoms with van der Waals surface area (Å²) in [5.41, 5.74) is 2.34. The number of rotatable bonds is 2. The summed E-state index contributed by atoms with van der Waals surface area (Å²) in [6.45, 7) is 2.02. The third-order valence-corrected chi connectivity index (χ3v) is 3.64. The van der Waals surface area contributed by atoms with Gasteiger partial charge in [-0.1, -0.05) is 17.4 Å². The van der Waals surface area contributed by atoms with Crippen LogP contribution < -0.4 is 0 Å². The number of aromatic nitrogens is 1. The minimum atomic E-state index is -0.120. The molecule has 6 heteroatoms. The number of thiazole rings is 1. The Labute approximate surface area is 118 Å². The van der Waals surface area contributed by atoms with Gasteiger partial charge in [0.05, 0.1) is 10.2 Å². The van der Waals surface area contributed by atoms with Gasteiger partial charge in [0.1, 0.15) is 17.2 Å². The molecule has 5 nitrogen and oxygen atoms in total. The molecule has 0 unspecified atom stereocenters. The van der Waals surface area contributed by atoms with Crippen molar-refractivity contribution in [3.05, 3.63) is 42.0 Å². The van der Waals surface area contributed by atoms with E-state index in [-0.39, 0.29) is 11.5 Å². The molecule has 0 radical (unpaired) electrons. The monoisotopic (exact) mass is 285 g/mol. The Bertz CT molecular complexity index is 811. The highest BCUT2D eigenvalue weighted by molar-refractivity contribution is 7.21. The average Bonchev–Trinajstić information content (AvgIpc) is 2.79. The molecule has 0 spiro atoms. The van der Waals surface area contributed by atoms with E-state index in [4.69, 9.17) is 0 Å². The first-order valence-electron chi connectivity index (χ1n) is 5.93. The summed E-state index contributed by atoms with van der Waals surface area (Å²) in [5, 5.41) is 27.3. The molecule has 100 valence electrons. The van der Waals surface area contributed by atoms with E-state index in [2.05, 4.69) is 15.2 Å². The number of phenolic OH excluding ortho intramolecular Hbond substituents is 2. The summed E-state index contributed by atoms with van der Waals surface area (Å²) in [5.74, 6) is -0.136. The zero-order valence-electron chi connectivity index (χ0n) is 10.6. The Kier molecular flexibility index (Phi) is 3.08. The second-order valence-corrected chi connectivity index (χ2v) is 5.35. The van der Waals surface area contributed by atoms with Gasteiger partial charge in [0.25, 0.3) is 0 Å². The summed E-state index contributed by atoms with van der Waals surface area (Å²) in [6, 6.07) is 10.1. The van der Waals surface area contributed by atoms with Gasteiger partial charge in [0.15, 0.2) is 0 Å². The van der Waals surface area contributed by atoms with E-state index in [1.807, 2.05) is 25.1 Å². The summed E-state index contributed by atoms with van der Waals surface area (Å²) in [4.78, 5) is 4.34. The van der Waals surface area contributed by atoms with E-state index in [9.17, 15) is 10.2 Å². The largest absolute Gasteiger partial charge is 0.508 e. The van der Waals surface area contributed by atoms with Gasteiger partial charge in [-0.2, -0.15) is 0 Å². The standard InChI is InChI=1S/C14H11N3O2S/c1-8-2-4-11-13(6-8)20-14(15-11)17-16-10-5-3-9(18)7-12(10)19/h2-7,18-19H,1H3. The van der Waals surface area contributed by atoms with Crippen LogP contribution in [0.25, 0.3) is 10.2 Å². The molecular weight excluding hydrogens is 274 g/mol. The van der Waals surface area contributed by atoms with Crippen molar-refractivity contribution < 1.29 is 10.2 Å². The van der Waals surface area contributed by atoms with Crippen LogP contribution in [0.1, 0.15) is 5.56 Å². The maximum atomic E-state index is 9.61. The lowest BCUT2D eigenvalue weighted by atomic mass is 10.2. The van der Waals surface area contributed by atoms with Crippen molar-refractivity contribution >= 4 is 32.4 Å². The summed E-state index contributed by atoms with van der Waals surface area (Å²) in [6.07, 6.45) is 0. The van der Waals surface area contributed by atoms with E-state index in [1.54, 1.807) is 0 Å². The molecule has 2 N–H and O–H groups in total. The second-order valence-electron chi connectivity index (χ2n) is 4.34. The molecule has 20 heavy (non-hydrogen) atoms. The zero-order chi connectivity index (χ0) is 14.1. The van der Waals surface area contributed by atoms with E-state index >= 15 is 0 Å². The molecule has 3 rings (SSSR count). The topological polar surface area (TPSA) is 78.1 Å². The van der Waals surface area contributed by atoms with Crippen molar-refractivity contribution in [1.29, 1.82) is 0 Å². The number of fused-ring (bicyclic) bond motifs is 1. The predicted octanol–water partition coefficient (Wildman–Crippen LogP) is 4.43. The highest BCUT2D eigenvalue weighted by atomic mass is 32.1. The van der Waals surface area contributed by atoms with Gasteiger partial charge in [-0.25, -0.2) is 4.98 Å². The molecule has 0 bridgehead atoms. The number of phenols is 2. The van der Waals surface area contributed by atoms with Gasteiger partial charge in [0.2, 0.25) is 5.13 Å². The molecule has 0 aliphatic rings. The van der Waals surface area contributed by atoms with Crippen LogP contribution >= 0.6 is 11.3 Å². The third kappa shape index (κ3) is 2.46. The number of hydrogen-bond donors (Lipinski definition) is 2. The molecular formula is C14H11N3O2S. The minimum Gasteiger partial charge on any atom is -0.508 e. The van der Waals surface area contributed by atoms with Gasteiger partial charge in [0, 0.05) is 6.07 Å². The molecule has 2 aromatic carbocycles. The molecule has 0 aliphatic carbocycles. The van der Waals surface area contributed by atoms with Crippen molar-refractivity contribution in [2.45, 2.75) is 6.92 Å². The maximum Gasteiger partial charge on any atom is 0.231 e. The fraction of sp³-hybridized carbons (Fsp3) is 0.0714. The van der Waals surface area contributed by atoms with Gasteiger partial charge < -0.3 is 10.2 Å². The third-order valence-electron chi connectivity index (χ3n) is 2.73. The smallest absolute Gasteiger partial charge is 0.231 e. The lowest BCUT2D eigenvalue weighted by Gasteiger charge is -1.96. The van der Waals surface area contributed by atoms with Crippen molar-refractivity contribution in [3.63, 3.8) is 0 Å². The highest BCUT2D eigenvalue weighted by Gasteiger charge is 2.04. The number of aryl methyl sites for hydroxylation is 1. The van der Waals surface area contributed by atoms with Crippen LogP contribution in [-0.4, -0.2) is 15.2 Å². The van der Waals surface area contributed by atoms with Gasteiger partial charge in [-0.05, 0) is 36.8 Å². The Morgan fingerprint density at radius 2 is 1.90 bits per heavy atom. The van der Waals surface area contributed by atoms with Crippen molar-refractivity contribution in [3.8, 4) is 11.5 Å². The van der Waals surface area contributed by atoms with Gasteiger partial charge >= 0.3 is 0 Å². The van der Waals surface area contributed by atoms with Crippen LogP contribution in [0.2, 0.25) is 0 Å². The predicted molar refractivity (Wildman–Crippen MR) is 78.3 cm³/mol. The van der Waals surface area contributed by atoms with E-state index in [0.717, 1.165) is 10.2 Å². The second kappa shape index (κ2) is 4.90. The van der Waals surface area contributed by atoms with Crippen molar-refractivity contribution in [1.82, 2.24) is 4.98 Å². The Morgan fingerprint density at radius 3 is 2.70 bits per heavy atom. The summed E-state index contributed by atoms with van der Waals surface area (Å²) < 4.78 is 1.05. The number of hydrogen-bond acceptors (Lipinski definition) is 6. The Hall–Kier alpha value is -2.47. The van der Waals surface area contributed by atoms with Crippen LogP contribution in [0, 0.1) is 6.92 Å². The van der Waals surface area contributed by atoms with Crippen LogP contribution in [0.5, 0.6) is 11.5 Å². The van der Waals surface area contributed by atoms with Gasteiger partial charge in [-0.3, -0.25) is 0 Å². The Morgan fingerprint density at radius 1 is 1.05 bits per heavy atom. The normalized spacial score (nSPS) is 11.4. The lowest BCUT2D eigenvalue weighted by Crippen LogP contribution is -1.70. The molecule has 0 atom stereocenters. The SMILES string of the molecule is Cc1ccc2nc(N=Nc3ccc(O)cc3O)sc2c1. The fourth-order valence-corrected chi connectivity index (χ4v) is 2.64. The van der Waals surface area contributed by atoms with E-state index in [1.165, 1.54) is 35.1 Å². The molecule has 1 aromatic heterocycles. The first kappa shape index (κ1) is 12.6. The quantitative estimate of drug-likeness (QED) is 0.683. The summed E-state index contributed by atoms with van der Waals surface area (Å²) >= 11 is 1.44. The molecule has 0 fully saturated rings. The van der Waals surface area contributed by atoms with E-state index < -0.39 is 0 Å². The van der Waals surface area contributed by atoms with Crippen molar-refractivity contribution in [2.24, 2.45) is 10.2 Å². The van der Waals surface area contributed by atoms with Crippen LogP contribution in [-0.2, 0) is 0 Å². The molecule has 0 saturated heterocycles. The highest BCUT2D eigenvalue weighted by Crippen LogP contribution is 2.33. The summed E-state index contributed by atoms with van der Waals surface area (Å²) in [7, 11) is 0. The first-order valence-corrected chi connectivity index (χ1v) is 6.74. The first-order chi connectivity index (χ1) is 9.61.